The number of rotatable bonds is 10. The van der Waals surface area contributed by atoms with Crippen molar-refractivity contribution in [3.8, 4) is 0 Å². The maximum atomic E-state index is 11.2. The number of amides is 2. The van der Waals surface area contributed by atoms with Gasteiger partial charge in [0.2, 0.25) is 12.3 Å². The van der Waals surface area contributed by atoms with Gasteiger partial charge in [0.1, 0.15) is 0 Å². The van der Waals surface area contributed by atoms with Gasteiger partial charge >= 0.3 is 8.60 Å². The van der Waals surface area contributed by atoms with Gasteiger partial charge in [0.25, 0.3) is 0 Å². The minimum Gasteiger partial charge on any atom is -0.379 e. The van der Waals surface area contributed by atoms with E-state index in [0.29, 0.717) is 32.6 Å². The molecule has 0 radical (unpaired) electrons. The Kier molecular flexibility index (Phi) is 9.38. The second-order valence-electron chi connectivity index (χ2n) is 5.75. The number of carbonyl (C=O) groups excluding carboxylic acids is 2. The van der Waals surface area contributed by atoms with Crippen molar-refractivity contribution in [2.75, 3.05) is 27.3 Å². The third-order valence-corrected chi connectivity index (χ3v) is 5.02. The number of fused-ring (bicyclic) bond motifs is 1. The summed E-state index contributed by atoms with van der Waals surface area (Å²) in [6, 6.07) is 7.95. The number of hydrogen-bond donors (Lipinski definition) is 1. The van der Waals surface area contributed by atoms with Crippen LogP contribution >= 0.6 is 8.60 Å². The summed E-state index contributed by atoms with van der Waals surface area (Å²) in [6.07, 6.45) is 3.68. The number of hydrogen-bond acceptors (Lipinski definition) is 6. The van der Waals surface area contributed by atoms with Gasteiger partial charge < -0.3 is 28.5 Å². The lowest BCUT2D eigenvalue weighted by molar-refractivity contribution is -0.116. The third-order valence-electron chi connectivity index (χ3n) is 3.98. The second-order valence-corrected chi connectivity index (χ2v) is 6.98. The first-order chi connectivity index (χ1) is 13.2. The number of ether oxygens (including phenoxy) is 1. The zero-order chi connectivity index (χ0) is 19.5. The number of likely N-dealkylation sites (N-methyl/N-ethyl adjacent to an activating group) is 1. The highest BCUT2D eigenvalue weighted by atomic mass is 31.2. The molecule has 1 unspecified atom stereocenters. The Morgan fingerprint density at radius 3 is 2.56 bits per heavy atom. The molecule has 9 heteroatoms. The standard InChI is InChI=1S/C18H25N2O6P/c1-19-18(22)8-10-20(14-21)9-7-17(23-2)13-26-27-24-11-15-5-3-4-6-16(15)12-25-27/h3-6,8,10,14,17H,7,9,11-13H2,1-2H3,(H,19,22)/b10-8-. The van der Waals surface area contributed by atoms with Crippen LogP contribution in [0.3, 0.4) is 0 Å². The van der Waals surface area contributed by atoms with Gasteiger partial charge in [-0.25, -0.2) is 0 Å². The van der Waals surface area contributed by atoms with Crippen LogP contribution in [0.2, 0.25) is 0 Å². The number of carbonyl (C=O) groups is 2. The van der Waals surface area contributed by atoms with Gasteiger partial charge in [0.15, 0.2) is 0 Å². The first kappa shape index (κ1) is 21.5. The maximum Gasteiger partial charge on any atom is 0.333 e. The van der Waals surface area contributed by atoms with Gasteiger partial charge in [0.05, 0.1) is 25.9 Å². The van der Waals surface area contributed by atoms with Crippen molar-refractivity contribution >= 4 is 20.9 Å². The lowest BCUT2D eigenvalue weighted by Crippen LogP contribution is -2.26. The second kappa shape index (κ2) is 11.8. The Bertz CT molecular complexity index is 615. The lowest BCUT2D eigenvalue weighted by atomic mass is 10.1. The Labute approximate surface area is 160 Å². The number of nitrogens with zero attached hydrogens (tertiary/aromatic N) is 1. The van der Waals surface area contributed by atoms with E-state index < -0.39 is 8.60 Å². The van der Waals surface area contributed by atoms with Crippen molar-refractivity contribution < 1.29 is 27.9 Å². The molecule has 0 saturated carbocycles. The Morgan fingerprint density at radius 1 is 1.33 bits per heavy atom. The zero-order valence-corrected chi connectivity index (χ0v) is 16.4. The molecule has 8 nitrogen and oxygen atoms in total. The van der Waals surface area contributed by atoms with Crippen molar-refractivity contribution in [2.24, 2.45) is 0 Å². The highest BCUT2D eigenvalue weighted by Crippen LogP contribution is 2.44. The smallest absolute Gasteiger partial charge is 0.333 e. The van der Waals surface area contributed by atoms with Gasteiger partial charge in [-0.05, 0) is 17.5 Å². The largest absolute Gasteiger partial charge is 0.379 e. The number of benzene rings is 1. The van der Waals surface area contributed by atoms with Crippen LogP contribution in [0, 0.1) is 0 Å². The molecule has 0 aromatic heterocycles. The predicted octanol–water partition coefficient (Wildman–Crippen LogP) is 2.10. The Morgan fingerprint density at radius 2 is 2.00 bits per heavy atom. The molecule has 1 N–H and O–H groups in total. The van der Waals surface area contributed by atoms with Crippen LogP contribution < -0.4 is 5.32 Å². The van der Waals surface area contributed by atoms with E-state index in [1.165, 1.54) is 24.2 Å². The quantitative estimate of drug-likeness (QED) is 0.370. The summed E-state index contributed by atoms with van der Waals surface area (Å²) < 4.78 is 22.5. The SMILES string of the molecule is CNC(=O)/C=C\N(C=O)CCC(COP1OCc2ccccc2CO1)OC. The van der Waals surface area contributed by atoms with Crippen LogP contribution in [-0.2, 0) is 41.1 Å². The van der Waals surface area contributed by atoms with Crippen LogP contribution in [0.25, 0.3) is 0 Å². The van der Waals surface area contributed by atoms with E-state index in [9.17, 15) is 9.59 Å². The number of methoxy groups -OCH3 is 1. The van der Waals surface area contributed by atoms with Crippen LogP contribution in [0.1, 0.15) is 17.5 Å². The average molecular weight is 396 g/mol. The van der Waals surface area contributed by atoms with Gasteiger partial charge in [-0.2, -0.15) is 0 Å². The maximum absolute atomic E-state index is 11.2. The van der Waals surface area contributed by atoms with E-state index in [4.69, 9.17) is 18.3 Å². The normalized spacial score (nSPS) is 15.8. The molecule has 1 aromatic rings. The minimum atomic E-state index is -1.46. The molecule has 1 atom stereocenters. The Hall–Kier alpha value is -1.83. The van der Waals surface area contributed by atoms with Gasteiger partial charge in [-0.1, -0.05) is 24.3 Å². The molecular formula is C18H25N2O6P. The molecule has 2 rings (SSSR count). The van der Waals surface area contributed by atoms with Crippen LogP contribution in [-0.4, -0.2) is 50.6 Å². The molecular weight excluding hydrogens is 371 g/mol. The summed E-state index contributed by atoms with van der Waals surface area (Å²) in [5, 5.41) is 2.45. The molecule has 148 valence electrons. The van der Waals surface area contributed by atoms with Gasteiger partial charge in [-0.3, -0.25) is 9.59 Å². The first-order valence-corrected chi connectivity index (χ1v) is 9.65. The van der Waals surface area contributed by atoms with Gasteiger partial charge in [0, 0.05) is 33.0 Å². The molecule has 1 aromatic carbocycles. The van der Waals surface area contributed by atoms with Crippen LogP contribution in [0.4, 0.5) is 0 Å². The minimum absolute atomic E-state index is 0.235. The summed E-state index contributed by atoms with van der Waals surface area (Å²) in [6.45, 7) is 1.57. The van der Waals surface area contributed by atoms with Crippen molar-refractivity contribution in [1.29, 1.82) is 0 Å². The van der Waals surface area contributed by atoms with E-state index in [1.54, 1.807) is 7.11 Å². The average Bonchev–Trinajstić information content (AvgIpc) is 2.92. The molecule has 27 heavy (non-hydrogen) atoms. The van der Waals surface area contributed by atoms with E-state index in [-0.39, 0.29) is 18.6 Å². The number of nitrogens with one attached hydrogen (secondary N) is 1. The van der Waals surface area contributed by atoms with Crippen molar-refractivity contribution in [1.82, 2.24) is 10.2 Å². The van der Waals surface area contributed by atoms with E-state index in [2.05, 4.69) is 5.32 Å². The molecule has 0 saturated heterocycles. The molecule has 0 fully saturated rings. The van der Waals surface area contributed by atoms with Crippen LogP contribution in [0.5, 0.6) is 0 Å². The predicted molar refractivity (Wildman–Crippen MR) is 100 cm³/mol. The van der Waals surface area contributed by atoms with Crippen molar-refractivity contribution in [3.05, 3.63) is 47.7 Å². The summed E-state index contributed by atoms with van der Waals surface area (Å²) in [7, 11) is 1.64. The topological polar surface area (TPSA) is 86.3 Å². The highest BCUT2D eigenvalue weighted by Gasteiger charge is 2.21. The molecule has 1 heterocycles. The summed E-state index contributed by atoms with van der Waals surface area (Å²) in [4.78, 5) is 23.7. The molecule has 0 bridgehead atoms. The highest BCUT2D eigenvalue weighted by molar-refractivity contribution is 7.41. The first-order valence-electron chi connectivity index (χ1n) is 8.55. The van der Waals surface area contributed by atoms with E-state index in [1.807, 2.05) is 24.3 Å². The monoisotopic (exact) mass is 396 g/mol. The summed E-state index contributed by atoms with van der Waals surface area (Å²) >= 11 is 0. The van der Waals surface area contributed by atoms with E-state index in [0.717, 1.165) is 11.1 Å². The fourth-order valence-electron chi connectivity index (χ4n) is 2.31. The molecule has 2 amide bonds. The molecule has 0 aliphatic carbocycles. The van der Waals surface area contributed by atoms with Crippen molar-refractivity contribution in [2.45, 2.75) is 25.7 Å². The van der Waals surface area contributed by atoms with E-state index >= 15 is 0 Å². The zero-order valence-electron chi connectivity index (χ0n) is 15.5. The Balaban J connectivity index is 1.75. The van der Waals surface area contributed by atoms with Crippen molar-refractivity contribution in [3.63, 3.8) is 0 Å². The molecule has 1 aliphatic rings. The summed E-state index contributed by atoms with van der Waals surface area (Å²) in [5.41, 5.74) is 2.19. The fraction of sp³-hybridized carbons (Fsp3) is 0.444. The summed E-state index contributed by atoms with van der Waals surface area (Å²) in [5.74, 6) is -0.278. The van der Waals surface area contributed by atoms with Crippen LogP contribution in [0.15, 0.2) is 36.5 Å². The lowest BCUT2D eigenvalue weighted by Gasteiger charge is -2.20. The molecule has 1 aliphatic heterocycles. The fourth-order valence-corrected chi connectivity index (χ4v) is 3.31. The third kappa shape index (κ3) is 7.36. The molecule has 0 spiro atoms. The van der Waals surface area contributed by atoms with Gasteiger partial charge in [-0.15, -0.1) is 0 Å².